The van der Waals surface area contributed by atoms with Gasteiger partial charge in [0.15, 0.2) is 0 Å². The van der Waals surface area contributed by atoms with Gasteiger partial charge in [0.2, 0.25) is 0 Å². The molecule has 6 nitrogen and oxygen atoms in total. The molecule has 0 bridgehead atoms. The van der Waals surface area contributed by atoms with Crippen LogP contribution in [0.25, 0.3) is 0 Å². The summed E-state index contributed by atoms with van der Waals surface area (Å²) in [4.78, 5) is 32.8. The van der Waals surface area contributed by atoms with E-state index in [-0.39, 0.29) is 23.2 Å². The molecule has 2 heterocycles. The first-order valence-corrected chi connectivity index (χ1v) is 8.60. The smallest absolute Gasteiger partial charge is 0.270 e. The van der Waals surface area contributed by atoms with Crippen LogP contribution in [0.3, 0.4) is 0 Å². The van der Waals surface area contributed by atoms with E-state index >= 15 is 0 Å². The molecule has 0 atom stereocenters. The Hall–Kier alpha value is -3.54. The number of carbonyl (C=O) groups is 2. The average Bonchev–Trinajstić information content (AvgIpc) is 2.72. The van der Waals surface area contributed by atoms with Crippen molar-refractivity contribution in [1.82, 2.24) is 20.6 Å². The van der Waals surface area contributed by atoms with Gasteiger partial charge in [0.25, 0.3) is 11.8 Å². The highest BCUT2D eigenvalue weighted by atomic mass is 16.2. The molecular formula is C21H20N4O2. The first-order valence-electron chi connectivity index (χ1n) is 8.60. The fraction of sp³-hybridized carbons (Fsp3) is 0.143. The van der Waals surface area contributed by atoms with Crippen molar-refractivity contribution in [3.63, 3.8) is 0 Å². The van der Waals surface area contributed by atoms with Gasteiger partial charge in [0, 0.05) is 25.5 Å². The lowest BCUT2D eigenvalue weighted by atomic mass is 10.1. The van der Waals surface area contributed by atoms with E-state index in [9.17, 15) is 9.59 Å². The maximum absolute atomic E-state index is 12.4. The largest absolute Gasteiger partial charge is 0.347 e. The highest BCUT2D eigenvalue weighted by molar-refractivity contribution is 5.96. The van der Waals surface area contributed by atoms with Gasteiger partial charge in [-0.3, -0.25) is 14.6 Å². The predicted octanol–water partition coefficient (Wildman–Crippen LogP) is 2.65. The first-order chi connectivity index (χ1) is 13.1. The molecule has 0 aliphatic carbocycles. The average molecular weight is 360 g/mol. The third-order valence-electron chi connectivity index (χ3n) is 4.12. The Kier molecular flexibility index (Phi) is 5.89. The summed E-state index contributed by atoms with van der Waals surface area (Å²) < 4.78 is 0. The molecule has 6 heteroatoms. The predicted molar refractivity (Wildman–Crippen MR) is 102 cm³/mol. The molecule has 2 amide bonds. The van der Waals surface area contributed by atoms with Crippen LogP contribution < -0.4 is 10.6 Å². The summed E-state index contributed by atoms with van der Waals surface area (Å²) >= 11 is 0. The Balaban J connectivity index is 1.61. The molecule has 1 aromatic carbocycles. The van der Waals surface area contributed by atoms with Gasteiger partial charge >= 0.3 is 0 Å². The standard InChI is InChI=1S/C21H20N4O2/c1-15-5-2-3-6-17(15)14-24-21(27)19-8-4-7-18(25-19)20(26)23-13-16-9-11-22-12-10-16/h2-12H,13-14H2,1H3,(H,23,26)(H,24,27). The molecule has 27 heavy (non-hydrogen) atoms. The SMILES string of the molecule is Cc1ccccc1CNC(=O)c1cccc(C(=O)NCc2ccncc2)n1. The summed E-state index contributed by atoms with van der Waals surface area (Å²) in [5.41, 5.74) is 3.49. The summed E-state index contributed by atoms with van der Waals surface area (Å²) in [6.45, 7) is 2.77. The minimum absolute atomic E-state index is 0.201. The van der Waals surface area contributed by atoms with Crippen LogP contribution in [0.5, 0.6) is 0 Å². The van der Waals surface area contributed by atoms with Crippen LogP contribution in [0.1, 0.15) is 37.7 Å². The van der Waals surface area contributed by atoms with Crippen molar-refractivity contribution < 1.29 is 9.59 Å². The molecule has 0 spiro atoms. The van der Waals surface area contributed by atoms with Crippen molar-refractivity contribution in [2.24, 2.45) is 0 Å². The Bertz CT molecular complexity index is 942. The molecule has 3 rings (SSSR count). The number of aryl methyl sites for hydroxylation is 1. The van der Waals surface area contributed by atoms with Gasteiger partial charge in [-0.25, -0.2) is 4.98 Å². The van der Waals surface area contributed by atoms with Crippen LogP contribution in [0.2, 0.25) is 0 Å². The number of rotatable bonds is 6. The van der Waals surface area contributed by atoms with E-state index < -0.39 is 0 Å². The summed E-state index contributed by atoms with van der Waals surface area (Å²) in [5.74, 6) is -0.651. The van der Waals surface area contributed by atoms with Gasteiger partial charge < -0.3 is 10.6 Å². The lowest BCUT2D eigenvalue weighted by Crippen LogP contribution is -2.27. The van der Waals surface area contributed by atoms with E-state index in [0.29, 0.717) is 13.1 Å². The summed E-state index contributed by atoms with van der Waals surface area (Å²) in [6, 6.07) is 16.3. The molecule has 2 N–H and O–H groups in total. The van der Waals surface area contributed by atoms with Crippen LogP contribution in [-0.4, -0.2) is 21.8 Å². The number of nitrogens with zero attached hydrogens (tertiary/aromatic N) is 2. The number of hydrogen-bond donors (Lipinski definition) is 2. The van der Waals surface area contributed by atoms with Gasteiger partial charge in [-0.15, -0.1) is 0 Å². The van der Waals surface area contributed by atoms with E-state index in [1.165, 1.54) is 0 Å². The monoisotopic (exact) mass is 360 g/mol. The number of nitrogens with one attached hydrogen (secondary N) is 2. The van der Waals surface area contributed by atoms with E-state index in [1.54, 1.807) is 30.6 Å². The fourth-order valence-corrected chi connectivity index (χ4v) is 2.54. The molecule has 2 aromatic heterocycles. The zero-order valence-corrected chi connectivity index (χ0v) is 15.0. The molecule has 0 saturated carbocycles. The molecular weight excluding hydrogens is 340 g/mol. The van der Waals surface area contributed by atoms with Gasteiger partial charge in [-0.2, -0.15) is 0 Å². The second kappa shape index (κ2) is 8.71. The Morgan fingerprint density at radius 1 is 0.815 bits per heavy atom. The summed E-state index contributed by atoms with van der Waals surface area (Å²) in [6.07, 6.45) is 3.33. The molecule has 0 radical (unpaired) electrons. The molecule has 0 saturated heterocycles. The minimum Gasteiger partial charge on any atom is -0.347 e. The van der Waals surface area contributed by atoms with E-state index in [4.69, 9.17) is 0 Å². The zero-order chi connectivity index (χ0) is 19.1. The van der Waals surface area contributed by atoms with Crippen LogP contribution in [0.15, 0.2) is 67.0 Å². The lowest BCUT2D eigenvalue weighted by Gasteiger charge is -2.09. The zero-order valence-electron chi connectivity index (χ0n) is 15.0. The van der Waals surface area contributed by atoms with Crippen molar-refractivity contribution in [1.29, 1.82) is 0 Å². The maximum Gasteiger partial charge on any atom is 0.270 e. The third-order valence-corrected chi connectivity index (χ3v) is 4.12. The minimum atomic E-state index is -0.333. The normalized spacial score (nSPS) is 10.3. The Morgan fingerprint density at radius 3 is 2.11 bits per heavy atom. The molecule has 0 aliphatic rings. The van der Waals surface area contributed by atoms with Crippen molar-refractivity contribution in [3.8, 4) is 0 Å². The summed E-state index contributed by atoms with van der Waals surface area (Å²) in [7, 11) is 0. The van der Waals surface area contributed by atoms with Crippen molar-refractivity contribution in [2.45, 2.75) is 20.0 Å². The Labute approximate surface area is 157 Å². The van der Waals surface area contributed by atoms with Crippen LogP contribution >= 0.6 is 0 Å². The molecule has 3 aromatic rings. The van der Waals surface area contributed by atoms with Crippen molar-refractivity contribution in [2.75, 3.05) is 0 Å². The third kappa shape index (κ3) is 4.98. The van der Waals surface area contributed by atoms with Gasteiger partial charge in [-0.05, 0) is 47.9 Å². The van der Waals surface area contributed by atoms with E-state index in [2.05, 4.69) is 20.6 Å². The van der Waals surface area contributed by atoms with E-state index in [1.807, 2.05) is 43.3 Å². The molecule has 0 fully saturated rings. The van der Waals surface area contributed by atoms with Crippen molar-refractivity contribution in [3.05, 3.63) is 95.1 Å². The van der Waals surface area contributed by atoms with Gasteiger partial charge in [0.1, 0.15) is 11.4 Å². The highest BCUT2D eigenvalue weighted by Gasteiger charge is 2.12. The number of amides is 2. The first kappa shape index (κ1) is 18.3. The molecule has 0 unspecified atom stereocenters. The number of aromatic nitrogens is 2. The number of pyridine rings is 2. The second-order valence-electron chi connectivity index (χ2n) is 6.06. The number of benzene rings is 1. The highest BCUT2D eigenvalue weighted by Crippen LogP contribution is 2.07. The van der Waals surface area contributed by atoms with Crippen LogP contribution in [0.4, 0.5) is 0 Å². The molecule has 136 valence electrons. The quantitative estimate of drug-likeness (QED) is 0.708. The lowest BCUT2D eigenvalue weighted by molar-refractivity contribution is 0.0941. The number of carbonyl (C=O) groups excluding carboxylic acids is 2. The maximum atomic E-state index is 12.4. The Morgan fingerprint density at radius 2 is 1.44 bits per heavy atom. The fourth-order valence-electron chi connectivity index (χ4n) is 2.54. The van der Waals surface area contributed by atoms with Crippen LogP contribution in [-0.2, 0) is 13.1 Å². The molecule has 0 aliphatic heterocycles. The second-order valence-corrected chi connectivity index (χ2v) is 6.06. The van der Waals surface area contributed by atoms with E-state index in [0.717, 1.165) is 16.7 Å². The summed E-state index contributed by atoms with van der Waals surface area (Å²) in [5, 5.41) is 5.63. The van der Waals surface area contributed by atoms with Gasteiger partial charge in [0.05, 0.1) is 0 Å². The van der Waals surface area contributed by atoms with Gasteiger partial charge in [-0.1, -0.05) is 30.3 Å². The van der Waals surface area contributed by atoms with Crippen molar-refractivity contribution >= 4 is 11.8 Å². The topological polar surface area (TPSA) is 84.0 Å². The van der Waals surface area contributed by atoms with Crippen LogP contribution in [0, 0.1) is 6.92 Å². The number of hydrogen-bond acceptors (Lipinski definition) is 4.